The maximum Gasteiger partial charge on any atom is 0.226 e. The third-order valence-electron chi connectivity index (χ3n) is 3.80. The van der Waals surface area contributed by atoms with Gasteiger partial charge >= 0.3 is 0 Å². The molecule has 0 aromatic rings. The van der Waals surface area contributed by atoms with Crippen LogP contribution in [0.25, 0.3) is 0 Å². The van der Waals surface area contributed by atoms with Crippen molar-refractivity contribution in [3.05, 3.63) is 0 Å². The summed E-state index contributed by atoms with van der Waals surface area (Å²) < 4.78 is 0. The van der Waals surface area contributed by atoms with Crippen LogP contribution in [0.5, 0.6) is 0 Å². The van der Waals surface area contributed by atoms with E-state index in [2.05, 4.69) is 46.9 Å². The summed E-state index contributed by atoms with van der Waals surface area (Å²) in [6.07, 6.45) is 0. The fourth-order valence-electron chi connectivity index (χ4n) is 0.894. The molecule has 2 heteroatoms. The fourth-order valence-corrected chi connectivity index (χ4v) is 0.894. The summed E-state index contributed by atoms with van der Waals surface area (Å²) in [7, 11) is 0. The normalized spacial score (nSPS) is 15.3. The first-order valence-electron chi connectivity index (χ1n) is 5.81. The number of hydrogen-bond donors (Lipinski definition) is 1. The van der Waals surface area contributed by atoms with Crippen molar-refractivity contribution in [3.8, 4) is 0 Å². The first kappa shape index (κ1) is 14.5. The van der Waals surface area contributed by atoms with Gasteiger partial charge in [0.15, 0.2) is 0 Å². The summed E-state index contributed by atoms with van der Waals surface area (Å²) >= 11 is 0. The Balaban J connectivity index is 4.59. The summed E-state index contributed by atoms with van der Waals surface area (Å²) in [6, 6.07) is 0.235. The first-order valence-corrected chi connectivity index (χ1v) is 5.81. The highest BCUT2D eigenvalue weighted by Gasteiger charge is 2.40. The van der Waals surface area contributed by atoms with Crippen LogP contribution in [0.3, 0.4) is 0 Å². The molecule has 90 valence electrons. The van der Waals surface area contributed by atoms with Gasteiger partial charge in [0.05, 0.1) is 0 Å². The van der Waals surface area contributed by atoms with Gasteiger partial charge in [0.25, 0.3) is 0 Å². The van der Waals surface area contributed by atoms with E-state index in [0.717, 1.165) is 0 Å². The van der Waals surface area contributed by atoms with Crippen molar-refractivity contribution in [2.24, 2.45) is 16.7 Å². The van der Waals surface area contributed by atoms with E-state index in [4.69, 9.17) is 0 Å². The first-order chi connectivity index (χ1) is 6.50. The molecule has 0 spiro atoms. The van der Waals surface area contributed by atoms with E-state index in [-0.39, 0.29) is 22.8 Å². The van der Waals surface area contributed by atoms with Crippen molar-refractivity contribution >= 4 is 5.91 Å². The lowest BCUT2D eigenvalue weighted by Gasteiger charge is -2.38. The Morgan fingerprint density at radius 1 is 1.00 bits per heavy atom. The number of nitrogens with one attached hydrogen (secondary N) is 1. The molecule has 0 rings (SSSR count). The van der Waals surface area contributed by atoms with E-state index in [1.54, 1.807) is 0 Å². The zero-order valence-electron chi connectivity index (χ0n) is 11.6. The van der Waals surface area contributed by atoms with E-state index in [1.165, 1.54) is 0 Å². The Kier molecular flexibility index (Phi) is 4.38. The molecule has 0 aliphatic heterocycles. The third-order valence-corrected chi connectivity index (χ3v) is 3.80. The summed E-state index contributed by atoms with van der Waals surface area (Å²) in [5, 5.41) is 3.09. The van der Waals surface area contributed by atoms with Gasteiger partial charge in [-0.25, -0.2) is 0 Å². The van der Waals surface area contributed by atoms with Gasteiger partial charge in [0.1, 0.15) is 0 Å². The number of carbonyl (C=O) groups is 1. The van der Waals surface area contributed by atoms with E-state index >= 15 is 0 Å². The number of carbonyl (C=O) groups excluding carboxylic acids is 1. The van der Waals surface area contributed by atoms with Crippen molar-refractivity contribution < 1.29 is 4.79 Å². The molecule has 0 radical (unpaired) electrons. The van der Waals surface area contributed by atoms with E-state index in [1.807, 2.05) is 13.8 Å². The van der Waals surface area contributed by atoms with Crippen LogP contribution in [-0.2, 0) is 4.79 Å². The van der Waals surface area contributed by atoms with Crippen molar-refractivity contribution in [1.82, 2.24) is 5.32 Å². The molecule has 0 aromatic carbocycles. The second-order valence-corrected chi connectivity index (χ2v) is 6.38. The molecule has 2 nitrogen and oxygen atoms in total. The molecule has 0 aliphatic rings. The molecule has 1 amide bonds. The smallest absolute Gasteiger partial charge is 0.226 e. The standard InChI is InChI=1S/C13H27NO/c1-9(2)10(3)14-11(15)13(7,8)12(4,5)6/h9-10H,1-8H3,(H,14,15). The average Bonchev–Trinajstić information content (AvgIpc) is 2.01. The van der Waals surface area contributed by atoms with Gasteiger partial charge in [0, 0.05) is 11.5 Å². The zero-order valence-corrected chi connectivity index (χ0v) is 11.6. The minimum absolute atomic E-state index is 0.0201. The SMILES string of the molecule is CC(C)C(C)NC(=O)C(C)(C)C(C)(C)C. The van der Waals surface area contributed by atoms with Gasteiger partial charge in [-0.15, -0.1) is 0 Å². The highest BCUT2D eigenvalue weighted by molar-refractivity contribution is 5.82. The van der Waals surface area contributed by atoms with Crippen LogP contribution in [0, 0.1) is 16.7 Å². The van der Waals surface area contributed by atoms with Gasteiger partial charge in [-0.3, -0.25) is 4.79 Å². The summed E-state index contributed by atoms with van der Waals surface area (Å²) in [5.74, 6) is 0.626. The quantitative estimate of drug-likeness (QED) is 0.766. The summed E-state index contributed by atoms with van der Waals surface area (Å²) in [5.41, 5.74) is -0.357. The minimum atomic E-state index is -0.337. The number of amides is 1. The zero-order chi connectivity index (χ0) is 12.4. The monoisotopic (exact) mass is 213 g/mol. The van der Waals surface area contributed by atoms with Crippen molar-refractivity contribution in [1.29, 1.82) is 0 Å². The molecule has 0 aliphatic carbocycles. The topological polar surface area (TPSA) is 29.1 Å². The van der Waals surface area contributed by atoms with Crippen LogP contribution in [0.2, 0.25) is 0 Å². The lowest BCUT2D eigenvalue weighted by Crippen LogP contribution is -2.49. The Morgan fingerprint density at radius 3 is 1.67 bits per heavy atom. The Labute approximate surface area is 94.8 Å². The van der Waals surface area contributed by atoms with Crippen LogP contribution in [0.15, 0.2) is 0 Å². The van der Waals surface area contributed by atoms with Gasteiger partial charge in [-0.2, -0.15) is 0 Å². The van der Waals surface area contributed by atoms with Crippen LogP contribution in [0.4, 0.5) is 0 Å². The number of hydrogen-bond acceptors (Lipinski definition) is 1. The van der Waals surface area contributed by atoms with E-state index in [0.29, 0.717) is 5.92 Å². The fraction of sp³-hybridized carbons (Fsp3) is 0.923. The molecule has 1 N–H and O–H groups in total. The maximum atomic E-state index is 12.1. The van der Waals surface area contributed by atoms with Crippen LogP contribution >= 0.6 is 0 Å². The predicted octanol–water partition coefficient (Wildman–Crippen LogP) is 3.22. The van der Waals surface area contributed by atoms with Gasteiger partial charge in [-0.1, -0.05) is 48.5 Å². The summed E-state index contributed by atoms with van der Waals surface area (Å²) in [4.78, 5) is 12.1. The largest absolute Gasteiger partial charge is 0.353 e. The molecule has 0 saturated carbocycles. The predicted molar refractivity (Wildman–Crippen MR) is 65.7 cm³/mol. The summed E-state index contributed by atoms with van der Waals surface area (Å²) in [6.45, 7) is 16.6. The second-order valence-electron chi connectivity index (χ2n) is 6.38. The van der Waals surface area contributed by atoms with Gasteiger partial charge in [0.2, 0.25) is 5.91 Å². The maximum absolute atomic E-state index is 12.1. The Morgan fingerprint density at radius 2 is 1.40 bits per heavy atom. The molecule has 0 aromatic heterocycles. The van der Waals surface area contributed by atoms with Crippen molar-refractivity contribution in [2.45, 2.75) is 61.4 Å². The van der Waals surface area contributed by atoms with Gasteiger partial charge < -0.3 is 5.32 Å². The number of rotatable bonds is 3. The second kappa shape index (κ2) is 4.54. The molecule has 1 unspecified atom stereocenters. The Hall–Kier alpha value is -0.530. The molecule has 15 heavy (non-hydrogen) atoms. The van der Waals surface area contributed by atoms with E-state index in [9.17, 15) is 4.79 Å². The third kappa shape index (κ3) is 3.51. The average molecular weight is 213 g/mol. The molecule has 0 bridgehead atoms. The molecule has 0 heterocycles. The highest BCUT2D eigenvalue weighted by Crippen LogP contribution is 2.38. The van der Waals surface area contributed by atoms with Crippen molar-refractivity contribution in [2.75, 3.05) is 0 Å². The van der Waals surface area contributed by atoms with E-state index < -0.39 is 0 Å². The molecular weight excluding hydrogens is 186 g/mol. The molecule has 1 atom stereocenters. The molecular formula is C13H27NO. The van der Waals surface area contributed by atoms with Gasteiger partial charge in [-0.05, 0) is 18.3 Å². The van der Waals surface area contributed by atoms with Crippen molar-refractivity contribution in [3.63, 3.8) is 0 Å². The molecule has 0 fully saturated rings. The van der Waals surface area contributed by atoms with Crippen LogP contribution in [-0.4, -0.2) is 11.9 Å². The lowest BCUT2D eigenvalue weighted by molar-refractivity contribution is -0.135. The van der Waals surface area contributed by atoms with Crippen LogP contribution < -0.4 is 5.32 Å². The van der Waals surface area contributed by atoms with Crippen LogP contribution in [0.1, 0.15) is 55.4 Å². The lowest BCUT2D eigenvalue weighted by atomic mass is 9.68. The molecule has 0 saturated heterocycles. The minimum Gasteiger partial charge on any atom is -0.353 e. The Bertz CT molecular complexity index is 223. The highest BCUT2D eigenvalue weighted by atomic mass is 16.2.